The first-order valence-corrected chi connectivity index (χ1v) is 8.51. The molecule has 0 radical (unpaired) electrons. The van der Waals surface area contributed by atoms with Gasteiger partial charge in [-0.3, -0.25) is 9.59 Å². The lowest BCUT2D eigenvalue weighted by molar-refractivity contribution is -0.130. The lowest BCUT2D eigenvalue weighted by atomic mass is 10.1. The van der Waals surface area contributed by atoms with E-state index in [1.807, 2.05) is 4.90 Å². The molecular formula is C18H24N2O4. The van der Waals surface area contributed by atoms with Crippen LogP contribution in [-0.4, -0.2) is 41.5 Å². The number of amides is 2. The lowest BCUT2D eigenvalue weighted by Crippen LogP contribution is -2.36. The zero-order valence-electron chi connectivity index (χ0n) is 14.0. The highest BCUT2D eigenvalue weighted by Crippen LogP contribution is 2.30. The molecule has 0 unspecified atom stereocenters. The van der Waals surface area contributed by atoms with E-state index in [9.17, 15) is 14.7 Å². The van der Waals surface area contributed by atoms with Gasteiger partial charge in [0.1, 0.15) is 0 Å². The number of likely N-dealkylation sites (tertiary alicyclic amines) is 1. The minimum Gasteiger partial charge on any atom is -0.504 e. The number of phenols is 1. The van der Waals surface area contributed by atoms with E-state index >= 15 is 0 Å². The highest BCUT2D eigenvalue weighted by Gasteiger charge is 2.38. The van der Waals surface area contributed by atoms with Crippen molar-refractivity contribution in [1.82, 2.24) is 10.2 Å². The Hall–Kier alpha value is -2.24. The monoisotopic (exact) mass is 332 g/mol. The molecule has 130 valence electrons. The third-order valence-electron chi connectivity index (χ3n) is 5.01. The summed E-state index contributed by atoms with van der Waals surface area (Å²) in [6.45, 7) is 0.887. The molecule has 1 saturated carbocycles. The fraction of sp³-hybridized carbons (Fsp3) is 0.556. The first-order chi connectivity index (χ1) is 11.6. The number of carbonyl (C=O) groups excluding carboxylic acids is 2. The molecule has 1 aliphatic heterocycles. The molecule has 1 aromatic rings. The molecule has 1 aromatic carbocycles. The first-order valence-electron chi connectivity index (χ1n) is 8.51. The van der Waals surface area contributed by atoms with E-state index in [0.717, 1.165) is 18.4 Å². The Kier molecular flexibility index (Phi) is 4.92. The van der Waals surface area contributed by atoms with Crippen LogP contribution in [0.3, 0.4) is 0 Å². The molecule has 3 rings (SSSR count). The quantitative estimate of drug-likeness (QED) is 0.862. The SMILES string of the molecule is COc1cc(CNC(=O)[C@@H]2CC(=O)N(C3CCCC3)C2)ccc1O. The molecule has 2 amide bonds. The van der Waals surface area contributed by atoms with Gasteiger partial charge in [-0.2, -0.15) is 0 Å². The van der Waals surface area contributed by atoms with Gasteiger partial charge in [0.25, 0.3) is 0 Å². The van der Waals surface area contributed by atoms with Crippen molar-refractivity contribution in [1.29, 1.82) is 0 Å². The third-order valence-corrected chi connectivity index (χ3v) is 5.01. The number of rotatable bonds is 5. The lowest BCUT2D eigenvalue weighted by Gasteiger charge is -2.23. The highest BCUT2D eigenvalue weighted by atomic mass is 16.5. The Bertz CT molecular complexity index is 625. The predicted octanol–water partition coefficient (Wildman–Crippen LogP) is 1.81. The Balaban J connectivity index is 1.55. The number of nitrogens with one attached hydrogen (secondary N) is 1. The van der Waals surface area contributed by atoms with Gasteiger partial charge in [-0.1, -0.05) is 18.9 Å². The van der Waals surface area contributed by atoms with Gasteiger partial charge in [-0.25, -0.2) is 0 Å². The van der Waals surface area contributed by atoms with Crippen LogP contribution in [0.4, 0.5) is 0 Å². The molecule has 6 heteroatoms. The normalized spacial score (nSPS) is 21.3. The van der Waals surface area contributed by atoms with Crippen molar-refractivity contribution >= 4 is 11.8 Å². The van der Waals surface area contributed by atoms with Gasteiger partial charge < -0.3 is 20.1 Å². The zero-order valence-corrected chi connectivity index (χ0v) is 14.0. The summed E-state index contributed by atoms with van der Waals surface area (Å²) in [6.07, 6.45) is 4.78. The molecule has 1 aliphatic carbocycles. The van der Waals surface area contributed by atoms with Crippen LogP contribution >= 0.6 is 0 Å². The van der Waals surface area contributed by atoms with E-state index in [4.69, 9.17) is 4.74 Å². The van der Waals surface area contributed by atoms with E-state index in [2.05, 4.69) is 5.32 Å². The van der Waals surface area contributed by atoms with Gasteiger partial charge in [-0.05, 0) is 30.5 Å². The minimum atomic E-state index is -0.267. The molecule has 0 bridgehead atoms. The number of hydrogen-bond acceptors (Lipinski definition) is 4. The number of aromatic hydroxyl groups is 1. The van der Waals surface area contributed by atoms with Crippen LogP contribution in [-0.2, 0) is 16.1 Å². The maximum atomic E-state index is 12.4. The number of ether oxygens (including phenoxy) is 1. The van der Waals surface area contributed by atoms with Crippen molar-refractivity contribution < 1.29 is 19.4 Å². The van der Waals surface area contributed by atoms with Gasteiger partial charge in [-0.15, -0.1) is 0 Å². The van der Waals surface area contributed by atoms with E-state index in [1.165, 1.54) is 20.0 Å². The summed E-state index contributed by atoms with van der Waals surface area (Å²) in [5.41, 5.74) is 0.843. The van der Waals surface area contributed by atoms with Crippen LogP contribution in [0, 0.1) is 5.92 Å². The van der Waals surface area contributed by atoms with Crippen molar-refractivity contribution in [2.75, 3.05) is 13.7 Å². The number of hydrogen-bond donors (Lipinski definition) is 2. The van der Waals surface area contributed by atoms with Gasteiger partial charge in [0.05, 0.1) is 13.0 Å². The number of methoxy groups -OCH3 is 1. The van der Waals surface area contributed by atoms with Gasteiger partial charge in [0, 0.05) is 25.6 Å². The van der Waals surface area contributed by atoms with E-state index in [0.29, 0.717) is 31.3 Å². The molecule has 2 aliphatic rings. The topological polar surface area (TPSA) is 78.9 Å². The molecule has 6 nitrogen and oxygen atoms in total. The second kappa shape index (κ2) is 7.11. The molecule has 2 N–H and O–H groups in total. The number of benzene rings is 1. The van der Waals surface area contributed by atoms with E-state index < -0.39 is 0 Å². The van der Waals surface area contributed by atoms with Crippen LogP contribution in [0.25, 0.3) is 0 Å². The average Bonchev–Trinajstić information content (AvgIpc) is 3.23. The summed E-state index contributed by atoms with van der Waals surface area (Å²) in [5.74, 6) is 0.202. The van der Waals surface area contributed by atoms with E-state index in [-0.39, 0.29) is 23.5 Å². The van der Waals surface area contributed by atoms with Crippen molar-refractivity contribution in [3.05, 3.63) is 23.8 Å². The largest absolute Gasteiger partial charge is 0.504 e. The maximum Gasteiger partial charge on any atom is 0.225 e. The van der Waals surface area contributed by atoms with Crippen LogP contribution in [0.5, 0.6) is 11.5 Å². The second-order valence-corrected chi connectivity index (χ2v) is 6.61. The number of carbonyl (C=O) groups is 2. The third kappa shape index (κ3) is 3.47. The Morgan fingerprint density at radius 3 is 2.83 bits per heavy atom. The fourth-order valence-corrected chi connectivity index (χ4v) is 3.64. The van der Waals surface area contributed by atoms with Crippen molar-refractivity contribution in [2.24, 2.45) is 5.92 Å². The Labute approximate surface area is 141 Å². The average molecular weight is 332 g/mol. The standard InChI is InChI=1S/C18H24N2O4/c1-24-16-8-12(6-7-15(16)21)10-19-18(23)13-9-17(22)20(11-13)14-4-2-3-5-14/h6-8,13-14,21H,2-5,9-11H2,1H3,(H,19,23)/t13-/m1/s1. The molecule has 24 heavy (non-hydrogen) atoms. The molecule has 1 saturated heterocycles. The summed E-state index contributed by atoms with van der Waals surface area (Å²) in [4.78, 5) is 26.5. The molecule has 0 spiro atoms. The van der Waals surface area contributed by atoms with Gasteiger partial charge in [0.15, 0.2) is 11.5 Å². The Morgan fingerprint density at radius 2 is 2.12 bits per heavy atom. The van der Waals surface area contributed by atoms with Gasteiger partial charge >= 0.3 is 0 Å². The molecule has 2 fully saturated rings. The second-order valence-electron chi connectivity index (χ2n) is 6.61. The predicted molar refractivity (Wildman–Crippen MR) is 88.6 cm³/mol. The van der Waals surface area contributed by atoms with Crippen LogP contribution in [0.15, 0.2) is 18.2 Å². The van der Waals surface area contributed by atoms with E-state index in [1.54, 1.807) is 18.2 Å². The van der Waals surface area contributed by atoms with Gasteiger partial charge in [0.2, 0.25) is 11.8 Å². The minimum absolute atomic E-state index is 0.0705. The molecule has 1 atom stereocenters. The molecule has 0 aromatic heterocycles. The van der Waals surface area contributed by atoms with Crippen LogP contribution < -0.4 is 10.1 Å². The van der Waals surface area contributed by atoms with Crippen molar-refractivity contribution in [3.8, 4) is 11.5 Å². The summed E-state index contributed by atoms with van der Waals surface area (Å²) in [6, 6.07) is 5.31. The van der Waals surface area contributed by atoms with Crippen LogP contribution in [0.1, 0.15) is 37.7 Å². The summed E-state index contributed by atoms with van der Waals surface area (Å²) in [5, 5.41) is 12.5. The smallest absolute Gasteiger partial charge is 0.225 e. The number of nitrogens with zero attached hydrogens (tertiary/aromatic N) is 1. The summed E-state index contributed by atoms with van der Waals surface area (Å²) >= 11 is 0. The Morgan fingerprint density at radius 1 is 1.38 bits per heavy atom. The highest BCUT2D eigenvalue weighted by molar-refractivity contribution is 5.89. The summed E-state index contributed by atoms with van der Waals surface area (Å²) in [7, 11) is 1.49. The maximum absolute atomic E-state index is 12.4. The molecule has 1 heterocycles. The first kappa shape index (κ1) is 16.6. The van der Waals surface area contributed by atoms with Crippen molar-refractivity contribution in [2.45, 2.75) is 44.7 Å². The summed E-state index contributed by atoms with van der Waals surface area (Å²) < 4.78 is 5.06. The van der Waals surface area contributed by atoms with Crippen molar-refractivity contribution in [3.63, 3.8) is 0 Å². The zero-order chi connectivity index (χ0) is 17.1. The molecular weight excluding hydrogens is 308 g/mol. The van der Waals surface area contributed by atoms with Crippen LogP contribution in [0.2, 0.25) is 0 Å². The fourth-order valence-electron chi connectivity index (χ4n) is 3.64. The number of phenolic OH excluding ortho intramolecular Hbond substituents is 1.